The van der Waals surface area contributed by atoms with Gasteiger partial charge in [-0.15, -0.1) is 0 Å². The Labute approximate surface area is 189 Å². The molecule has 0 aliphatic carbocycles. The summed E-state index contributed by atoms with van der Waals surface area (Å²) in [5.74, 6) is -2.07. The average Bonchev–Trinajstić information content (AvgIpc) is 2.79. The molecule has 32 heavy (non-hydrogen) atoms. The van der Waals surface area contributed by atoms with Crippen molar-refractivity contribution in [2.24, 2.45) is 0 Å². The largest absolute Gasteiger partial charge is 0.468 e. The predicted molar refractivity (Wildman–Crippen MR) is 124 cm³/mol. The van der Waals surface area contributed by atoms with Crippen LogP contribution in [-0.4, -0.2) is 57.7 Å². The van der Waals surface area contributed by atoms with Gasteiger partial charge in [-0.05, 0) is 49.1 Å². The molecule has 0 saturated carbocycles. The molecule has 0 aromatic heterocycles. The molecule has 2 aromatic carbocycles. The summed E-state index contributed by atoms with van der Waals surface area (Å²) in [6.07, 6.45) is 3.54. The second-order valence-electron chi connectivity index (χ2n) is 7.77. The number of hydrogen-bond donors (Lipinski definition) is 1. The molecule has 0 atom stereocenters. The van der Waals surface area contributed by atoms with Gasteiger partial charge in [-0.1, -0.05) is 30.3 Å². The van der Waals surface area contributed by atoms with Crippen LogP contribution in [0.25, 0.3) is 0 Å². The lowest BCUT2D eigenvalue weighted by atomic mass is 10.1. The lowest BCUT2D eigenvalue weighted by molar-refractivity contribution is -0.146. The fourth-order valence-electron chi connectivity index (χ4n) is 3.62. The number of sulfonamides is 1. The second kappa shape index (κ2) is 11.0. The number of nitrogens with zero attached hydrogens (tertiary/aromatic N) is 2. The third kappa shape index (κ3) is 6.98. The van der Waals surface area contributed by atoms with Gasteiger partial charge in [0.05, 0.1) is 7.11 Å². The second-order valence-corrected chi connectivity index (χ2v) is 9.49. The zero-order valence-corrected chi connectivity index (χ0v) is 19.0. The molecule has 1 fully saturated rings. The van der Waals surface area contributed by atoms with Crippen LogP contribution in [-0.2, 0) is 30.9 Å². The van der Waals surface area contributed by atoms with Crippen molar-refractivity contribution in [2.75, 3.05) is 42.1 Å². The average molecular weight is 460 g/mol. The highest BCUT2D eigenvalue weighted by Gasteiger charge is 2.24. The van der Waals surface area contributed by atoms with Gasteiger partial charge in [0, 0.05) is 31.0 Å². The van der Waals surface area contributed by atoms with Crippen LogP contribution in [0, 0.1) is 0 Å². The molecule has 0 unspecified atom stereocenters. The Morgan fingerprint density at radius 1 is 1.00 bits per heavy atom. The Bertz CT molecular complexity index is 1000. The van der Waals surface area contributed by atoms with Crippen LogP contribution in [0.4, 0.5) is 11.4 Å². The number of benzene rings is 2. The maximum Gasteiger partial charge on any atom is 0.325 e. The summed E-state index contributed by atoms with van der Waals surface area (Å²) < 4.78 is 32.4. The molecule has 1 aliphatic rings. The highest BCUT2D eigenvalue weighted by molar-refractivity contribution is 7.93. The lowest BCUT2D eigenvalue weighted by Gasteiger charge is -2.28. The summed E-state index contributed by atoms with van der Waals surface area (Å²) in [7, 11) is -2.74. The van der Waals surface area contributed by atoms with Crippen LogP contribution in [0.15, 0.2) is 54.6 Å². The first kappa shape index (κ1) is 23.6. The first-order valence-corrected chi connectivity index (χ1v) is 12.3. The molecule has 3 rings (SSSR count). The first-order chi connectivity index (χ1) is 15.4. The summed E-state index contributed by atoms with van der Waals surface area (Å²) in [5.41, 5.74) is 2.22. The number of esters is 1. The number of rotatable bonds is 9. The minimum absolute atomic E-state index is 0.106. The number of ether oxygens (including phenoxy) is 1. The molecule has 1 heterocycles. The number of methoxy groups -OCH3 is 1. The monoisotopic (exact) mass is 459 g/mol. The Balaban J connectivity index is 1.64. The van der Waals surface area contributed by atoms with Crippen molar-refractivity contribution in [2.45, 2.75) is 25.8 Å². The van der Waals surface area contributed by atoms with E-state index in [1.54, 1.807) is 24.3 Å². The topological polar surface area (TPSA) is 96.0 Å². The van der Waals surface area contributed by atoms with Crippen LogP contribution < -0.4 is 9.62 Å². The zero-order valence-electron chi connectivity index (χ0n) is 18.2. The van der Waals surface area contributed by atoms with Crippen LogP contribution in [0.2, 0.25) is 0 Å². The van der Waals surface area contributed by atoms with E-state index in [0.29, 0.717) is 5.69 Å². The molecule has 1 N–H and O–H groups in total. The molecular weight excluding hydrogens is 430 g/mol. The molecule has 0 bridgehead atoms. The van der Waals surface area contributed by atoms with Gasteiger partial charge in [-0.25, -0.2) is 8.42 Å². The summed E-state index contributed by atoms with van der Waals surface area (Å²) in [4.78, 5) is 28.0. The van der Waals surface area contributed by atoms with Crippen molar-refractivity contribution in [3.05, 3.63) is 60.2 Å². The number of carbonyl (C=O) groups is 2. The molecule has 1 amide bonds. The predicted octanol–water partition coefficient (Wildman–Crippen LogP) is 2.62. The van der Waals surface area contributed by atoms with E-state index in [1.165, 1.54) is 18.4 Å². The molecule has 2 aromatic rings. The van der Waals surface area contributed by atoms with Crippen LogP contribution in [0.5, 0.6) is 0 Å². The van der Waals surface area contributed by atoms with Crippen molar-refractivity contribution >= 4 is 33.3 Å². The summed E-state index contributed by atoms with van der Waals surface area (Å²) in [6.45, 7) is 1.77. The van der Waals surface area contributed by atoms with Crippen LogP contribution in [0.3, 0.4) is 0 Å². The van der Waals surface area contributed by atoms with Crippen molar-refractivity contribution in [1.29, 1.82) is 0 Å². The van der Waals surface area contributed by atoms with Gasteiger partial charge < -0.3 is 14.5 Å². The SMILES string of the molecule is COC(=O)CN(Cc1ccccc1)C(=O)CS(=O)(=O)Nc1ccc(N2CCCCC2)cc1. The van der Waals surface area contributed by atoms with Crippen molar-refractivity contribution in [3.8, 4) is 0 Å². The Morgan fingerprint density at radius 3 is 2.28 bits per heavy atom. The summed E-state index contributed by atoms with van der Waals surface area (Å²) in [5, 5.41) is 0. The molecule has 9 heteroatoms. The molecular formula is C23H29N3O5S. The number of amides is 1. The lowest BCUT2D eigenvalue weighted by Crippen LogP contribution is -2.40. The third-order valence-corrected chi connectivity index (χ3v) is 6.47. The minimum atomic E-state index is -3.96. The highest BCUT2D eigenvalue weighted by atomic mass is 32.2. The van der Waals surface area contributed by atoms with Crippen molar-refractivity contribution in [1.82, 2.24) is 4.90 Å². The number of anilines is 2. The van der Waals surface area contributed by atoms with E-state index in [1.807, 2.05) is 30.3 Å². The molecule has 8 nitrogen and oxygen atoms in total. The van der Waals surface area contributed by atoms with Gasteiger partial charge in [0.2, 0.25) is 15.9 Å². The van der Waals surface area contributed by atoms with Gasteiger partial charge >= 0.3 is 5.97 Å². The van der Waals surface area contributed by atoms with E-state index >= 15 is 0 Å². The molecule has 0 spiro atoms. The Morgan fingerprint density at radius 2 is 1.66 bits per heavy atom. The quantitative estimate of drug-likeness (QED) is 0.579. The van der Waals surface area contributed by atoms with E-state index < -0.39 is 27.7 Å². The molecule has 1 saturated heterocycles. The zero-order chi connectivity index (χ0) is 23.0. The van der Waals surface area contributed by atoms with E-state index in [0.717, 1.165) is 37.2 Å². The fourth-order valence-corrected chi connectivity index (χ4v) is 4.69. The van der Waals surface area contributed by atoms with Gasteiger partial charge in [-0.2, -0.15) is 0 Å². The number of carbonyl (C=O) groups excluding carboxylic acids is 2. The van der Waals surface area contributed by atoms with Gasteiger partial charge in [0.1, 0.15) is 12.3 Å². The Kier molecular flexibility index (Phi) is 8.10. The highest BCUT2D eigenvalue weighted by Crippen LogP contribution is 2.22. The van der Waals surface area contributed by atoms with Gasteiger partial charge in [0.25, 0.3) is 0 Å². The summed E-state index contributed by atoms with van der Waals surface area (Å²) in [6, 6.07) is 16.2. The molecule has 0 radical (unpaired) electrons. The number of nitrogens with one attached hydrogen (secondary N) is 1. The standard InChI is InChI=1S/C23H29N3O5S/c1-31-23(28)17-26(16-19-8-4-2-5-9-19)22(27)18-32(29,30)24-20-10-12-21(13-11-20)25-14-6-3-7-15-25/h2,4-5,8-13,24H,3,6-7,14-18H2,1H3. The maximum atomic E-state index is 12.8. The van der Waals surface area contributed by atoms with Crippen LogP contribution >= 0.6 is 0 Å². The normalized spacial score (nSPS) is 14.0. The first-order valence-electron chi connectivity index (χ1n) is 10.6. The minimum Gasteiger partial charge on any atom is -0.468 e. The Hall–Kier alpha value is -3.07. The fraction of sp³-hybridized carbons (Fsp3) is 0.391. The van der Waals surface area contributed by atoms with Crippen molar-refractivity contribution in [3.63, 3.8) is 0 Å². The number of hydrogen-bond acceptors (Lipinski definition) is 6. The van der Waals surface area contributed by atoms with E-state index in [2.05, 4.69) is 14.4 Å². The van der Waals surface area contributed by atoms with Gasteiger partial charge in [-0.3, -0.25) is 14.3 Å². The molecule has 1 aliphatic heterocycles. The molecule has 172 valence electrons. The van der Waals surface area contributed by atoms with Crippen LogP contribution in [0.1, 0.15) is 24.8 Å². The van der Waals surface area contributed by atoms with Gasteiger partial charge in [0.15, 0.2) is 0 Å². The van der Waals surface area contributed by atoms with E-state index in [9.17, 15) is 18.0 Å². The van der Waals surface area contributed by atoms with E-state index in [4.69, 9.17) is 0 Å². The van der Waals surface area contributed by atoms with Crippen molar-refractivity contribution < 1.29 is 22.7 Å². The van der Waals surface area contributed by atoms with E-state index in [-0.39, 0.29) is 13.1 Å². The summed E-state index contributed by atoms with van der Waals surface area (Å²) >= 11 is 0. The third-order valence-electron chi connectivity index (χ3n) is 5.29. The smallest absolute Gasteiger partial charge is 0.325 e. The maximum absolute atomic E-state index is 12.8. The number of piperidine rings is 1.